The third kappa shape index (κ3) is 6.57. The molecular formula is C62H62N2. The van der Waals surface area contributed by atoms with Crippen molar-refractivity contribution in [1.82, 2.24) is 0 Å². The summed E-state index contributed by atoms with van der Waals surface area (Å²) in [5.74, 6) is 3.50. The Hall–Kier alpha value is -5.86. The molecule has 7 aromatic rings. The van der Waals surface area contributed by atoms with Gasteiger partial charge in [-0.2, -0.15) is 0 Å². The van der Waals surface area contributed by atoms with E-state index < -0.39 is 0 Å². The van der Waals surface area contributed by atoms with Crippen molar-refractivity contribution in [2.45, 2.75) is 101 Å². The van der Waals surface area contributed by atoms with E-state index in [2.05, 4.69) is 206 Å². The summed E-state index contributed by atoms with van der Waals surface area (Å²) >= 11 is 0. The molecule has 2 heteroatoms. The van der Waals surface area contributed by atoms with Gasteiger partial charge in [-0.05, 0) is 192 Å². The van der Waals surface area contributed by atoms with Gasteiger partial charge >= 0.3 is 0 Å². The minimum Gasteiger partial charge on any atom is -0.311 e. The minimum absolute atomic E-state index is 0.0488. The number of nitrogens with zero attached hydrogens (tertiary/aromatic N) is 2. The van der Waals surface area contributed by atoms with E-state index in [-0.39, 0.29) is 10.8 Å². The summed E-state index contributed by atoms with van der Waals surface area (Å²) in [5.41, 5.74) is 17.5. The molecule has 320 valence electrons. The largest absolute Gasteiger partial charge is 0.311 e. The van der Waals surface area contributed by atoms with E-state index >= 15 is 0 Å². The van der Waals surface area contributed by atoms with E-state index in [1.807, 2.05) is 0 Å². The van der Waals surface area contributed by atoms with Crippen molar-refractivity contribution >= 4 is 34.1 Å². The number of hydrogen-bond donors (Lipinski definition) is 0. The van der Waals surface area contributed by atoms with Crippen LogP contribution in [0.4, 0.5) is 34.1 Å². The molecule has 0 heterocycles. The Labute approximate surface area is 382 Å². The molecule has 0 spiro atoms. The normalized spacial score (nSPS) is 26.0. The summed E-state index contributed by atoms with van der Waals surface area (Å²) < 4.78 is 0. The zero-order valence-corrected chi connectivity index (χ0v) is 38.0. The molecule has 6 aliphatic carbocycles. The van der Waals surface area contributed by atoms with E-state index in [0.29, 0.717) is 11.3 Å². The Morgan fingerprint density at radius 2 is 0.859 bits per heavy atom. The van der Waals surface area contributed by atoms with Gasteiger partial charge in [0.1, 0.15) is 0 Å². The second kappa shape index (κ2) is 15.4. The molecule has 13 rings (SSSR count). The van der Waals surface area contributed by atoms with Crippen LogP contribution in [0.3, 0.4) is 0 Å². The van der Waals surface area contributed by atoms with Crippen LogP contribution < -0.4 is 9.80 Å². The molecule has 0 amide bonds. The molecule has 0 aliphatic heterocycles. The van der Waals surface area contributed by atoms with Crippen molar-refractivity contribution in [1.29, 1.82) is 0 Å². The molecule has 64 heavy (non-hydrogen) atoms. The fourth-order valence-corrected chi connectivity index (χ4v) is 14.4. The lowest BCUT2D eigenvalue weighted by molar-refractivity contribution is -0.00518. The molecule has 5 saturated carbocycles. The molecule has 0 saturated heterocycles. The highest BCUT2D eigenvalue weighted by Gasteiger charge is 2.51. The van der Waals surface area contributed by atoms with E-state index in [1.165, 1.54) is 119 Å². The van der Waals surface area contributed by atoms with Crippen LogP contribution in [0.15, 0.2) is 176 Å². The summed E-state index contributed by atoms with van der Waals surface area (Å²) in [7, 11) is 0. The fraction of sp³-hybridized carbons (Fsp3) is 0.323. The highest BCUT2D eigenvalue weighted by atomic mass is 15.1. The second-order valence-electron chi connectivity index (χ2n) is 21.4. The maximum absolute atomic E-state index is 2.50. The standard InChI is InChI=1S/C62H62N2/c1-43-13-12-34-62(39-43,49-24-30-54(31-25-49)64(51-16-8-5-9-17-51)55-32-33-57-56-18-10-11-19-58(56)60(2,3)59(57)38-55)48-22-28-53(29-23-48)63(50-14-6-4-7-15-50)52-26-20-47(21-27-52)61-40-44-35-45(41-61)37-46(36-44)42-61/h4-11,14-33,38,43-46H,12-13,34-37,39-42H2,1-3H3. The Balaban J connectivity index is 0.880. The minimum atomic E-state index is -0.0652. The third-order valence-electron chi connectivity index (χ3n) is 17.0. The fourth-order valence-electron chi connectivity index (χ4n) is 14.4. The molecule has 0 radical (unpaired) electrons. The number of para-hydroxylation sites is 2. The molecule has 2 nitrogen and oxygen atoms in total. The summed E-state index contributed by atoms with van der Waals surface area (Å²) in [4.78, 5) is 4.91. The van der Waals surface area contributed by atoms with Crippen LogP contribution in [0.25, 0.3) is 11.1 Å². The molecule has 0 N–H and O–H groups in total. The first-order valence-corrected chi connectivity index (χ1v) is 24.5. The van der Waals surface area contributed by atoms with Gasteiger partial charge in [0.15, 0.2) is 0 Å². The Morgan fingerprint density at radius 3 is 1.39 bits per heavy atom. The summed E-state index contributed by atoms with van der Waals surface area (Å²) in [6.45, 7) is 7.21. The van der Waals surface area contributed by atoms with Crippen LogP contribution >= 0.6 is 0 Å². The molecule has 0 aromatic heterocycles. The Kier molecular flexibility index (Phi) is 9.55. The SMILES string of the molecule is CC1CCCC(c2ccc(N(c3ccccc3)c3ccc(C45CC6CC(CC(C6)C4)C5)cc3)cc2)(c2ccc(N(c3ccccc3)c3ccc4c(c3)C(C)(C)c3ccccc3-4)cc2)C1. The first-order chi connectivity index (χ1) is 31.3. The molecule has 6 aliphatic rings. The molecule has 2 atom stereocenters. The highest BCUT2D eigenvalue weighted by molar-refractivity contribution is 5.85. The summed E-state index contributed by atoms with van der Waals surface area (Å²) in [5, 5.41) is 0. The van der Waals surface area contributed by atoms with E-state index in [1.54, 1.807) is 5.56 Å². The van der Waals surface area contributed by atoms with E-state index in [0.717, 1.165) is 30.6 Å². The number of anilines is 6. The Morgan fingerprint density at radius 1 is 0.422 bits per heavy atom. The lowest BCUT2D eigenvalue weighted by atomic mass is 9.48. The molecule has 7 aromatic carbocycles. The molecule has 5 fully saturated rings. The zero-order valence-electron chi connectivity index (χ0n) is 38.0. The second-order valence-corrected chi connectivity index (χ2v) is 21.4. The van der Waals surface area contributed by atoms with Crippen molar-refractivity contribution < 1.29 is 0 Å². The number of benzene rings is 7. The number of fused-ring (bicyclic) bond motifs is 3. The van der Waals surface area contributed by atoms with E-state index in [4.69, 9.17) is 0 Å². The van der Waals surface area contributed by atoms with Gasteiger partial charge in [0.2, 0.25) is 0 Å². The van der Waals surface area contributed by atoms with Gasteiger partial charge in [0.05, 0.1) is 0 Å². The number of hydrogen-bond acceptors (Lipinski definition) is 2. The monoisotopic (exact) mass is 834 g/mol. The first-order valence-electron chi connectivity index (χ1n) is 24.5. The molecular weight excluding hydrogens is 773 g/mol. The maximum atomic E-state index is 2.50. The van der Waals surface area contributed by atoms with Gasteiger partial charge in [-0.15, -0.1) is 0 Å². The smallest absolute Gasteiger partial charge is 0.0465 e. The first kappa shape index (κ1) is 39.7. The molecule has 4 bridgehead atoms. The van der Waals surface area contributed by atoms with Crippen molar-refractivity contribution in [3.8, 4) is 11.1 Å². The van der Waals surface area contributed by atoms with Gasteiger partial charge in [-0.1, -0.05) is 137 Å². The van der Waals surface area contributed by atoms with Crippen LogP contribution in [-0.2, 0) is 16.2 Å². The van der Waals surface area contributed by atoms with Crippen molar-refractivity contribution in [2.75, 3.05) is 9.80 Å². The van der Waals surface area contributed by atoms with Crippen LogP contribution in [0.2, 0.25) is 0 Å². The summed E-state index contributed by atoms with van der Waals surface area (Å²) in [6.07, 6.45) is 13.5. The van der Waals surface area contributed by atoms with Gasteiger partial charge in [0, 0.05) is 45.0 Å². The van der Waals surface area contributed by atoms with Gasteiger partial charge < -0.3 is 9.80 Å². The maximum Gasteiger partial charge on any atom is 0.0465 e. The third-order valence-corrected chi connectivity index (χ3v) is 17.0. The average Bonchev–Trinajstić information content (AvgIpc) is 3.55. The van der Waals surface area contributed by atoms with Crippen LogP contribution in [-0.4, -0.2) is 0 Å². The lowest BCUT2D eigenvalue weighted by Crippen LogP contribution is -2.48. The van der Waals surface area contributed by atoms with Crippen LogP contribution in [0, 0.1) is 23.7 Å². The number of rotatable bonds is 9. The van der Waals surface area contributed by atoms with Crippen molar-refractivity contribution in [2.24, 2.45) is 23.7 Å². The van der Waals surface area contributed by atoms with Crippen molar-refractivity contribution in [3.63, 3.8) is 0 Å². The van der Waals surface area contributed by atoms with Crippen LogP contribution in [0.1, 0.15) is 113 Å². The van der Waals surface area contributed by atoms with Gasteiger partial charge in [0.25, 0.3) is 0 Å². The molecule has 2 unspecified atom stereocenters. The van der Waals surface area contributed by atoms with Crippen LogP contribution in [0.5, 0.6) is 0 Å². The van der Waals surface area contributed by atoms with E-state index in [9.17, 15) is 0 Å². The predicted octanol–water partition coefficient (Wildman–Crippen LogP) is 16.9. The summed E-state index contributed by atoms with van der Waals surface area (Å²) in [6, 6.07) is 67.2. The van der Waals surface area contributed by atoms with Gasteiger partial charge in [-0.25, -0.2) is 0 Å². The Bertz CT molecular complexity index is 2750. The average molecular weight is 835 g/mol. The highest BCUT2D eigenvalue weighted by Crippen LogP contribution is 2.61. The zero-order chi connectivity index (χ0) is 43.0. The quantitative estimate of drug-likeness (QED) is 0.143. The topological polar surface area (TPSA) is 6.48 Å². The lowest BCUT2D eigenvalue weighted by Gasteiger charge is -2.57. The predicted molar refractivity (Wildman–Crippen MR) is 268 cm³/mol. The van der Waals surface area contributed by atoms with Crippen molar-refractivity contribution in [3.05, 3.63) is 204 Å². The van der Waals surface area contributed by atoms with Gasteiger partial charge in [-0.3, -0.25) is 0 Å².